The monoisotopic (exact) mass is 241 g/mol. The molecule has 0 unspecified atom stereocenters. The summed E-state index contributed by atoms with van der Waals surface area (Å²) in [7, 11) is -3.50. The van der Waals surface area contributed by atoms with Crippen molar-refractivity contribution < 1.29 is 12.6 Å². The van der Waals surface area contributed by atoms with E-state index >= 15 is 0 Å². The van der Waals surface area contributed by atoms with Crippen molar-refractivity contribution in [1.82, 2.24) is 0 Å². The third-order valence-corrected chi connectivity index (χ3v) is 2.30. The van der Waals surface area contributed by atoms with E-state index in [1.165, 1.54) is 0 Å². The fourth-order valence-electron chi connectivity index (χ4n) is 1.20. The predicted octanol–water partition coefficient (Wildman–Crippen LogP) is 1.93. The third kappa shape index (κ3) is 3.94. The van der Waals surface area contributed by atoms with E-state index in [4.69, 9.17) is 4.18 Å². The maximum atomic E-state index is 11.0. The molecule has 0 aliphatic rings. The molecule has 1 rings (SSSR count). The maximum absolute atomic E-state index is 11.0. The molecule has 0 radical (unpaired) electrons. The van der Waals surface area contributed by atoms with Gasteiger partial charge in [0.1, 0.15) is 0 Å². The molecule has 0 spiro atoms. The first-order chi connectivity index (χ1) is 7.42. The first-order valence-corrected chi connectivity index (χ1v) is 6.59. The van der Waals surface area contributed by atoms with Gasteiger partial charge in [0.25, 0.3) is 0 Å². The molecule has 0 heterocycles. The lowest BCUT2D eigenvalue weighted by Crippen LogP contribution is -2.08. The van der Waals surface area contributed by atoms with Gasteiger partial charge in [-0.1, -0.05) is 12.1 Å². The summed E-state index contributed by atoms with van der Waals surface area (Å²) in [6.45, 7) is 6.05. The number of hydrogen-bond donors (Lipinski definition) is 1. The number of benzene rings is 1. The summed E-state index contributed by atoms with van der Waals surface area (Å²) in [6.07, 6.45) is 2.71. The van der Waals surface area contributed by atoms with Crippen molar-refractivity contribution in [2.75, 3.05) is 18.1 Å². The number of aryl methyl sites for hydroxylation is 1. The van der Waals surface area contributed by atoms with Crippen LogP contribution in [0.25, 0.3) is 0 Å². The Kier molecular flexibility index (Phi) is 3.95. The van der Waals surface area contributed by atoms with E-state index in [0.717, 1.165) is 11.8 Å². The smallest absolute Gasteiger partial charge is 0.306 e. The number of rotatable bonds is 5. The van der Waals surface area contributed by atoms with Gasteiger partial charge in [-0.2, -0.15) is 8.42 Å². The lowest BCUT2D eigenvalue weighted by atomic mass is 10.2. The van der Waals surface area contributed by atoms with Crippen LogP contribution in [0.4, 0.5) is 5.69 Å². The fourth-order valence-corrected chi connectivity index (χ4v) is 1.67. The van der Waals surface area contributed by atoms with E-state index in [0.29, 0.717) is 18.0 Å². The summed E-state index contributed by atoms with van der Waals surface area (Å²) >= 11 is 0. The normalized spacial score (nSPS) is 10.9. The molecule has 0 bridgehead atoms. The van der Waals surface area contributed by atoms with E-state index in [-0.39, 0.29) is 0 Å². The van der Waals surface area contributed by atoms with Gasteiger partial charge in [0.15, 0.2) is 5.75 Å². The molecular formula is C11H15NO3S. The lowest BCUT2D eigenvalue weighted by molar-refractivity contribution is 0.494. The lowest BCUT2D eigenvalue weighted by Gasteiger charge is -2.11. The van der Waals surface area contributed by atoms with Crippen LogP contribution < -0.4 is 9.50 Å². The van der Waals surface area contributed by atoms with Crippen LogP contribution in [0.3, 0.4) is 0 Å². The number of nitrogens with one attached hydrogen (secondary N) is 1. The SMILES string of the molecule is C=CCNc1cc(C)ccc1OS(C)(=O)=O. The number of anilines is 1. The van der Waals surface area contributed by atoms with E-state index in [9.17, 15) is 8.42 Å². The second kappa shape index (κ2) is 5.03. The zero-order valence-corrected chi connectivity index (χ0v) is 10.2. The van der Waals surface area contributed by atoms with Gasteiger partial charge < -0.3 is 9.50 Å². The van der Waals surface area contributed by atoms with Crippen molar-refractivity contribution in [2.24, 2.45) is 0 Å². The molecule has 16 heavy (non-hydrogen) atoms. The highest BCUT2D eigenvalue weighted by molar-refractivity contribution is 7.86. The molecule has 4 nitrogen and oxygen atoms in total. The van der Waals surface area contributed by atoms with Crippen molar-refractivity contribution in [3.05, 3.63) is 36.4 Å². The zero-order chi connectivity index (χ0) is 12.2. The van der Waals surface area contributed by atoms with Gasteiger partial charge in [-0.3, -0.25) is 0 Å². The summed E-state index contributed by atoms with van der Waals surface area (Å²) in [5, 5.41) is 3.02. The second-order valence-electron chi connectivity index (χ2n) is 3.46. The van der Waals surface area contributed by atoms with E-state index < -0.39 is 10.1 Å². The van der Waals surface area contributed by atoms with Crippen molar-refractivity contribution in [3.8, 4) is 5.75 Å². The Morgan fingerprint density at radius 1 is 1.50 bits per heavy atom. The Morgan fingerprint density at radius 3 is 2.75 bits per heavy atom. The standard InChI is InChI=1S/C11H15NO3S/c1-4-7-12-10-8-9(2)5-6-11(10)15-16(3,13)14/h4-6,8,12H,1,7H2,2-3H3. The van der Waals surface area contributed by atoms with Crippen LogP contribution in [-0.2, 0) is 10.1 Å². The van der Waals surface area contributed by atoms with Crippen molar-refractivity contribution in [1.29, 1.82) is 0 Å². The minimum Gasteiger partial charge on any atom is -0.380 e. The van der Waals surface area contributed by atoms with Gasteiger partial charge in [0.05, 0.1) is 11.9 Å². The topological polar surface area (TPSA) is 55.4 Å². The first-order valence-electron chi connectivity index (χ1n) is 4.77. The average molecular weight is 241 g/mol. The average Bonchev–Trinajstić information content (AvgIpc) is 2.16. The van der Waals surface area contributed by atoms with Crippen LogP contribution in [0.5, 0.6) is 5.75 Å². The molecule has 0 saturated heterocycles. The predicted molar refractivity (Wildman–Crippen MR) is 65.3 cm³/mol. The maximum Gasteiger partial charge on any atom is 0.306 e. The van der Waals surface area contributed by atoms with Crippen molar-refractivity contribution >= 4 is 15.8 Å². The molecule has 1 aromatic rings. The molecule has 0 aliphatic carbocycles. The summed E-state index contributed by atoms with van der Waals surface area (Å²) in [4.78, 5) is 0. The molecule has 0 amide bonds. The van der Waals surface area contributed by atoms with Crippen LogP contribution in [-0.4, -0.2) is 21.2 Å². The number of hydrogen-bond acceptors (Lipinski definition) is 4. The largest absolute Gasteiger partial charge is 0.380 e. The Labute approximate surface area is 96.1 Å². The highest BCUT2D eigenvalue weighted by Gasteiger charge is 2.09. The molecule has 88 valence electrons. The summed E-state index contributed by atoms with van der Waals surface area (Å²) in [6, 6.07) is 5.24. The minimum absolute atomic E-state index is 0.301. The Balaban J connectivity index is 3.02. The van der Waals surface area contributed by atoms with Gasteiger partial charge in [0, 0.05) is 6.54 Å². The van der Waals surface area contributed by atoms with Crippen molar-refractivity contribution in [3.63, 3.8) is 0 Å². The van der Waals surface area contributed by atoms with E-state index in [2.05, 4.69) is 11.9 Å². The van der Waals surface area contributed by atoms with Crippen LogP contribution in [0.2, 0.25) is 0 Å². The zero-order valence-electron chi connectivity index (χ0n) is 9.36. The van der Waals surface area contributed by atoms with Crippen LogP contribution in [0, 0.1) is 6.92 Å². The van der Waals surface area contributed by atoms with Crippen LogP contribution in [0.1, 0.15) is 5.56 Å². The Hall–Kier alpha value is -1.49. The van der Waals surface area contributed by atoms with Gasteiger partial charge in [-0.05, 0) is 24.6 Å². The molecule has 0 atom stereocenters. The molecule has 1 N–H and O–H groups in total. The molecule has 0 aliphatic heterocycles. The first kappa shape index (κ1) is 12.6. The fraction of sp³-hybridized carbons (Fsp3) is 0.273. The molecule has 0 saturated carbocycles. The molecule has 1 aromatic carbocycles. The highest BCUT2D eigenvalue weighted by Crippen LogP contribution is 2.26. The Bertz CT molecular complexity index is 480. The molecule has 5 heteroatoms. The third-order valence-electron chi connectivity index (χ3n) is 1.81. The highest BCUT2D eigenvalue weighted by atomic mass is 32.2. The van der Waals surface area contributed by atoms with Gasteiger partial charge in [-0.25, -0.2) is 0 Å². The van der Waals surface area contributed by atoms with Crippen LogP contribution >= 0.6 is 0 Å². The van der Waals surface area contributed by atoms with Crippen molar-refractivity contribution in [2.45, 2.75) is 6.92 Å². The molecular weight excluding hydrogens is 226 g/mol. The molecule has 0 fully saturated rings. The summed E-state index contributed by atoms with van der Waals surface area (Å²) < 4.78 is 26.9. The van der Waals surface area contributed by atoms with Gasteiger partial charge in [0.2, 0.25) is 0 Å². The van der Waals surface area contributed by atoms with Gasteiger partial charge >= 0.3 is 10.1 Å². The van der Waals surface area contributed by atoms with E-state index in [1.807, 2.05) is 13.0 Å². The van der Waals surface area contributed by atoms with Gasteiger partial charge in [-0.15, -0.1) is 6.58 Å². The van der Waals surface area contributed by atoms with E-state index in [1.54, 1.807) is 18.2 Å². The summed E-state index contributed by atoms with van der Waals surface area (Å²) in [5.41, 5.74) is 1.66. The molecule has 0 aromatic heterocycles. The summed E-state index contributed by atoms with van der Waals surface area (Å²) in [5.74, 6) is 0.301. The second-order valence-corrected chi connectivity index (χ2v) is 5.03. The Morgan fingerprint density at radius 2 is 2.19 bits per heavy atom. The quantitative estimate of drug-likeness (QED) is 0.632. The minimum atomic E-state index is -3.50. The van der Waals surface area contributed by atoms with Crippen LogP contribution in [0.15, 0.2) is 30.9 Å².